The zero-order chi connectivity index (χ0) is 15.5. The molecule has 1 aromatic rings. The Kier molecular flexibility index (Phi) is 7.62. The van der Waals surface area contributed by atoms with Crippen LogP contribution in [-0.4, -0.2) is 48.1 Å². The number of nitrogens with one attached hydrogen (secondary N) is 1. The van der Waals surface area contributed by atoms with Gasteiger partial charge in [0.05, 0.1) is 19.6 Å². The SMILES string of the molecule is C#CCN(CC(=O)O)CC(=O)NCCCc1ccccc1. The van der Waals surface area contributed by atoms with E-state index in [1.54, 1.807) is 0 Å². The van der Waals surface area contributed by atoms with Gasteiger partial charge in [0.1, 0.15) is 0 Å². The summed E-state index contributed by atoms with van der Waals surface area (Å²) in [5.74, 6) is 1.14. The number of nitrogens with zero attached hydrogens (tertiary/aromatic N) is 1. The van der Waals surface area contributed by atoms with E-state index in [-0.39, 0.29) is 25.5 Å². The van der Waals surface area contributed by atoms with Gasteiger partial charge in [0.2, 0.25) is 5.91 Å². The lowest BCUT2D eigenvalue weighted by atomic mass is 10.1. The van der Waals surface area contributed by atoms with Gasteiger partial charge in [0.25, 0.3) is 0 Å². The summed E-state index contributed by atoms with van der Waals surface area (Å²) >= 11 is 0. The molecule has 0 radical (unpaired) electrons. The minimum absolute atomic E-state index is 0.00182. The third kappa shape index (κ3) is 7.75. The van der Waals surface area contributed by atoms with Crippen molar-refractivity contribution in [2.45, 2.75) is 12.8 Å². The van der Waals surface area contributed by atoms with Gasteiger partial charge in [-0.1, -0.05) is 36.3 Å². The number of rotatable bonds is 9. The molecule has 1 aromatic carbocycles. The molecule has 0 bridgehead atoms. The van der Waals surface area contributed by atoms with Crippen molar-refractivity contribution in [3.63, 3.8) is 0 Å². The minimum atomic E-state index is -0.998. The highest BCUT2D eigenvalue weighted by molar-refractivity contribution is 5.79. The van der Waals surface area contributed by atoms with E-state index in [1.165, 1.54) is 10.5 Å². The number of aryl methyl sites for hydroxylation is 1. The van der Waals surface area contributed by atoms with E-state index in [4.69, 9.17) is 11.5 Å². The molecule has 21 heavy (non-hydrogen) atoms. The number of hydrogen-bond acceptors (Lipinski definition) is 3. The number of terminal acetylenes is 1. The van der Waals surface area contributed by atoms with Crippen LogP contribution in [0.5, 0.6) is 0 Å². The number of carbonyl (C=O) groups excluding carboxylic acids is 1. The van der Waals surface area contributed by atoms with Crippen LogP contribution in [0.2, 0.25) is 0 Å². The molecule has 0 saturated heterocycles. The van der Waals surface area contributed by atoms with Crippen LogP contribution in [0.15, 0.2) is 30.3 Å². The van der Waals surface area contributed by atoms with Gasteiger partial charge in [-0.3, -0.25) is 14.5 Å². The summed E-state index contributed by atoms with van der Waals surface area (Å²) in [7, 11) is 0. The first kappa shape index (κ1) is 16.7. The van der Waals surface area contributed by atoms with Gasteiger partial charge in [-0.15, -0.1) is 6.42 Å². The van der Waals surface area contributed by atoms with Crippen molar-refractivity contribution in [2.75, 3.05) is 26.2 Å². The van der Waals surface area contributed by atoms with Crippen LogP contribution in [0.1, 0.15) is 12.0 Å². The molecule has 1 amide bonds. The fourth-order valence-electron chi connectivity index (χ4n) is 1.91. The lowest BCUT2D eigenvalue weighted by Crippen LogP contribution is -2.40. The first-order valence-corrected chi connectivity index (χ1v) is 6.80. The van der Waals surface area contributed by atoms with Crippen LogP contribution in [-0.2, 0) is 16.0 Å². The van der Waals surface area contributed by atoms with Gasteiger partial charge in [0, 0.05) is 6.54 Å². The average Bonchev–Trinajstić information content (AvgIpc) is 2.44. The molecule has 0 aromatic heterocycles. The van der Waals surface area contributed by atoms with Crippen molar-refractivity contribution < 1.29 is 14.7 Å². The number of carboxylic acid groups (broad SMARTS) is 1. The quantitative estimate of drug-likeness (QED) is 0.520. The Bertz CT molecular complexity index is 494. The molecule has 0 aliphatic rings. The number of amides is 1. The highest BCUT2D eigenvalue weighted by Crippen LogP contribution is 2.01. The highest BCUT2D eigenvalue weighted by Gasteiger charge is 2.12. The van der Waals surface area contributed by atoms with E-state index in [1.807, 2.05) is 30.3 Å². The van der Waals surface area contributed by atoms with E-state index in [9.17, 15) is 9.59 Å². The number of carboxylic acids is 1. The minimum Gasteiger partial charge on any atom is -0.480 e. The highest BCUT2D eigenvalue weighted by atomic mass is 16.4. The molecule has 0 aliphatic carbocycles. The summed E-state index contributed by atoms with van der Waals surface area (Å²) in [6.45, 7) is 0.470. The van der Waals surface area contributed by atoms with Crippen molar-refractivity contribution in [3.05, 3.63) is 35.9 Å². The second-order valence-electron chi connectivity index (χ2n) is 4.68. The Morgan fingerprint density at radius 3 is 2.57 bits per heavy atom. The van der Waals surface area contributed by atoms with Crippen LogP contribution in [0, 0.1) is 12.3 Å². The molecule has 0 unspecified atom stereocenters. The summed E-state index contributed by atoms with van der Waals surface area (Å²) in [4.78, 5) is 23.8. The van der Waals surface area contributed by atoms with Crippen molar-refractivity contribution in [1.29, 1.82) is 0 Å². The normalized spacial score (nSPS) is 10.1. The molecule has 0 spiro atoms. The molecule has 0 fully saturated rings. The van der Waals surface area contributed by atoms with Crippen molar-refractivity contribution in [1.82, 2.24) is 10.2 Å². The lowest BCUT2D eigenvalue weighted by Gasteiger charge is -2.16. The Morgan fingerprint density at radius 1 is 1.24 bits per heavy atom. The second-order valence-corrected chi connectivity index (χ2v) is 4.68. The maximum atomic E-state index is 11.7. The summed E-state index contributed by atoms with van der Waals surface area (Å²) in [6, 6.07) is 10.0. The molecule has 1 rings (SSSR count). The molecule has 0 atom stereocenters. The van der Waals surface area contributed by atoms with E-state index in [2.05, 4.69) is 11.2 Å². The maximum absolute atomic E-state index is 11.7. The second kappa shape index (κ2) is 9.56. The molecular formula is C16H20N2O3. The van der Waals surface area contributed by atoms with Crippen LogP contribution >= 0.6 is 0 Å². The zero-order valence-corrected chi connectivity index (χ0v) is 11.9. The summed E-state index contributed by atoms with van der Waals surface area (Å²) in [5.41, 5.74) is 1.23. The van der Waals surface area contributed by atoms with Crippen molar-refractivity contribution in [2.24, 2.45) is 0 Å². The third-order valence-electron chi connectivity index (χ3n) is 2.85. The predicted octanol–water partition coefficient (Wildman–Crippen LogP) is 0.755. The topological polar surface area (TPSA) is 69.6 Å². The zero-order valence-electron chi connectivity index (χ0n) is 11.9. The van der Waals surface area contributed by atoms with Crippen molar-refractivity contribution >= 4 is 11.9 Å². The van der Waals surface area contributed by atoms with Crippen LogP contribution in [0.4, 0.5) is 0 Å². The van der Waals surface area contributed by atoms with Gasteiger partial charge in [-0.2, -0.15) is 0 Å². The first-order chi connectivity index (χ1) is 10.1. The standard InChI is InChI=1S/C16H20N2O3/c1-2-11-18(13-16(20)21)12-15(19)17-10-6-9-14-7-4-3-5-8-14/h1,3-5,7-8H,6,9-13H2,(H,17,19)(H,20,21). The van der Waals surface area contributed by atoms with Gasteiger partial charge >= 0.3 is 5.97 Å². The largest absolute Gasteiger partial charge is 0.480 e. The summed E-state index contributed by atoms with van der Waals surface area (Å²) in [6.07, 6.45) is 6.88. The third-order valence-corrected chi connectivity index (χ3v) is 2.85. The summed E-state index contributed by atoms with van der Waals surface area (Å²) in [5, 5.41) is 11.5. The van der Waals surface area contributed by atoms with Gasteiger partial charge in [-0.25, -0.2) is 0 Å². The van der Waals surface area contributed by atoms with Crippen LogP contribution in [0.3, 0.4) is 0 Å². The number of carbonyl (C=O) groups is 2. The Balaban J connectivity index is 2.23. The smallest absolute Gasteiger partial charge is 0.317 e. The van der Waals surface area contributed by atoms with E-state index in [0.29, 0.717) is 6.54 Å². The molecule has 5 heteroatoms. The molecule has 112 valence electrons. The molecule has 0 aliphatic heterocycles. The lowest BCUT2D eigenvalue weighted by molar-refractivity contribution is -0.138. The Hall–Kier alpha value is -2.32. The number of benzene rings is 1. The average molecular weight is 288 g/mol. The molecule has 2 N–H and O–H groups in total. The fraction of sp³-hybridized carbons (Fsp3) is 0.375. The van der Waals surface area contributed by atoms with Crippen LogP contribution in [0.25, 0.3) is 0 Å². The maximum Gasteiger partial charge on any atom is 0.317 e. The molecule has 0 heterocycles. The Morgan fingerprint density at radius 2 is 1.95 bits per heavy atom. The summed E-state index contributed by atoms with van der Waals surface area (Å²) < 4.78 is 0. The first-order valence-electron chi connectivity index (χ1n) is 6.80. The van der Waals surface area contributed by atoms with Gasteiger partial charge in [-0.05, 0) is 18.4 Å². The van der Waals surface area contributed by atoms with E-state index >= 15 is 0 Å². The van der Waals surface area contributed by atoms with Crippen LogP contribution < -0.4 is 5.32 Å². The fourth-order valence-corrected chi connectivity index (χ4v) is 1.91. The van der Waals surface area contributed by atoms with Crippen molar-refractivity contribution in [3.8, 4) is 12.3 Å². The predicted molar refractivity (Wildman–Crippen MR) is 80.7 cm³/mol. The van der Waals surface area contributed by atoms with Gasteiger partial charge < -0.3 is 10.4 Å². The Labute approximate surface area is 125 Å². The number of hydrogen-bond donors (Lipinski definition) is 2. The molecular weight excluding hydrogens is 268 g/mol. The van der Waals surface area contributed by atoms with E-state index in [0.717, 1.165) is 12.8 Å². The number of aliphatic carboxylic acids is 1. The molecule has 5 nitrogen and oxygen atoms in total. The van der Waals surface area contributed by atoms with Gasteiger partial charge in [0.15, 0.2) is 0 Å². The van der Waals surface area contributed by atoms with E-state index < -0.39 is 5.97 Å². The molecule has 0 saturated carbocycles. The monoisotopic (exact) mass is 288 g/mol.